The molecule has 0 bridgehead atoms. The van der Waals surface area contributed by atoms with E-state index in [0.29, 0.717) is 17.1 Å². The van der Waals surface area contributed by atoms with Gasteiger partial charge in [-0.15, -0.1) is 0 Å². The highest BCUT2D eigenvalue weighted by atomic mass is 35.5. The summed E-state index contributed by atoms with van der Waals surface area (Å²) in [7, 11) is 1.34. The number of carbonyl (C=O) groups excluding carboxylic acids is 2. The van der Waals surface area contributed by atoms with Crippen molar-refractivity contribution in [3.8, 4) is 0 Å². The average molecular weight is 360 g/mol. The number of nitrogens with zero attached hydrogens (tertiary/aromatic N) is 1. The number of hydrogen-bond donors (Lipinski definition) is 0. The molecule has 25 heavy (non-hydrogen) atoms. The summed E-state index contributed by atoms with van der Waals surface area (Å²) in [5, 5.41) is 0.596. The van der Waals surface area contributed by atoms with Crippen LogP contribution in [0.3, 0.4) is 0 Å². The molecule has 2 aromatic rings. The smallest absolute Gasteiger partial charge is 0.307 e. The Hall–Kier alpha value is -2.33. The third-order valence-electron chi connectivity index (χ3n) is 4.17. The molecule has 4 nitrogen and oxygen atoms in total. The van der Waals surface area contributed by atoms with E-state index in [1.165, 1.54) is 7.11 Å². The Balaban J connectivity index is 2.26. The van der Waals surface area contributed by atoms with Crippen LogP contribution >= 0.6 is 11.6 Å². The fourth-order valence-electron chi connectivity index (χ4n) is 2.47. The summed E-state index contributed by atoms with van der Waals surface area (Å²) >= 11 is 6.23. The molecule has 0 radical (unpaired) electrons. The highest BCUT2D eigenvalue weighted by molar-refractivity contribution is 6.31. The lowest BCUT2D eigenvalue weighted by atomic mass is 10.1. The van der Waals surface area contributed by atoms with Crippen LogP contribution in [0.2, 0.25) is 5.02 Å². The summed E-state index contributed by atoms with van der Waals surface area (Å²) in [5.41, 5.74) is 3.62. The SMILES string of the molecule is COC(=O)CCN(Cc1ccccc1Cl)C(=O)c1ccc(C)c(C)c1. The van der Waals surface area contributed by atoms with E-state index in [0.717, 1.165) is 16.7 Å². The standard InChI is InChI=1S/C20H22ClNO3/c1-14-8-9-16(12-15(14)2)20(24)22(11-10-19(23)25-3)13-17-6-4-5-7-18(17)21/h4-9,12H,10-11,13H2,1-3H3. The topological polar surface area (TPSA) is 46.6 Å². The normalized spacial score (nSPS) is 10.4. The second-order valence-electron chi connectivity index (χ2n) is 5.94. The number of carbonyl (C=O) groups is 2. The van der Waals surface area contributed by atoms with Crippen molar-refractivity contribution >= 4 is 23.5 Å². The van der Waals surface area contributed by atoms with Crippen molar-refractivity contribution in [3.63, 3.8) is 0 Å². The molecule has 0 unspecified atom stereocenters. The molecule has 0 saturated heterocycles. The van der Waals surface area contributed by atoms with Gasteiger partial charge in [-0.2, -0.15) is 0 Å². The zero-order chi connectivity index (χ0) is 18.4. The van der Waals surface area contributed by atoms with Gasteiger partial charge in [-0.1, -0.05) is 35.9 Å². The van der Waals surface area contributed by atoms with Gasteiger partial charge >= 0.3 is 5.97 Å². The molecule has 132 valence electrons. The molecule has 0 saturated carbocycles. The highest BCUT2D eigenvalue weighted by Gasteiger charge is 2.19. The number of methoxy groups -OCH3 is 1. The summed E-state index contributed by atoms with van der Waals surface area (Å²) in [6.07, 6.45) is 0.136. The Morgan fingerprint density at radius 1 is 1.08 bits per heavy atom. The Morgan fingerprint density at radius 2 is 1.80 bits per heavy atom. The van der Waals surface area contributed by atoms with Gasteiger partial charge in [0.2, 0.25) is 0 Å². The van der Waals surface area contributed by atoms with Crippen molar-refractivity contribution in [2.24, 2.45) is 0 Å². The quantitative estimate of drug-likeness (QED) is 0.727. The van der Waals surface area contributed by atoms with E-state index >= 15 is 0 Å². The largest absolute Gasteiger partial charge is 0.469 e. The molecule has 5 heteroatoms. The van der Waals surface area contributed by atoms with Crippen LogP contribution in [0.15, 0.2) is 42.5 Å². The summed E-state index contributed by atoms with van der Waals surface area (Å²) < 4.78 is 4.69. The van der Waals surface area contributed by atoms with Crippen molar-refractivity contribution in [2.45, 2.75) is 26.8 Å². The van der Waals surface area contributed by atoms with Crippen molar-refractivity contribution in [2.75, 3.05) is 13.7 Å². The van der Waals surface area contributed by atoms with E-state index in [4.69, 9.17) is 16.3 Å². The molecule has 2 rings (SSSR count). The molecule has 0 aliphatic carbocycles. The maximum absolute atomic E-state index is 13.0. The lowest BCUT2D eigenvalue weighted by molar-refractivity contribution is -0.140. The first-order valence-electron chi connectivity index (χ1n) is 8.09. The van der Waals surface area contributed by atoms with Crippen LogP contribution in [0.25, 0.3) is 0 Å². The Kier molecular flexibility index (Phi) is 6.59. The molecule has 0 aliphatic heterocycles. The number of ether oxygens (including phenoxy) is 1. The van der Waals surface area contributed by atoms with Crippen LogP contribution in [0.4, 0.5) is 0 Å². The third kappa shape index (κ3) is 5.07. The van der Waals surface area contributed by atoms with Gasteiger partial charge in [-0.05, 0) is 48.7 Å². The van der Waals surface area contributed by atoms with E-state index < -0.39 is 0 Å². The van der Waals surface area contributed by atoms with E-state index in [1.54, 1.807) is 11.0 Å². The van der Waals surface area contributed by atoms with Gasteiger partial charge in [0.15, 0.2) is 0 Å². The predicted octanol–water partition coefficient (Wildman–Crippen LogP) is 4.16. The lowest BCUT2D eigenvalue weighted by Gasteiger charge is -2.23. The monoisotopic (exact) mass is 359 g/mol. The molecule has 0 spiro atoms. The Morgan fingerprint density at radius 3 is 2.44 bits per heavy atom. The maximum atomic E-state index is 13.0. The van der Waals surface area contributed by atoms with E-state index in [-0.39, 0.29) is 24.8 Å². The molecule has 1 amide bonds. The first-order valence-corrected chi connectivity index (χ1v) is 8.47. The molecule has 0 N–H and O–H groups in total. The molecular formula is C20H22ClNO3. The minimum atomic E-state index is -0.350. The fraction of sp³-hybridized carbons (Fsp3) is 0.300. The van der Waals surface area contributed by atoms with Gasteiger partial charge in [0.1, 0.15) is 0 Å². The number of aryl methyl sites for hydroxylation is 2. The fourth-order valence-corrected chi connectivity index (χ4v) is 2.67. The zero-order valence-electron chi connectivity index (χ0n) is 14.7. The highest BCUT2D eigenvalue weighted by Crippen LogP contribution is 2.19. The lowest BCUT2D eigenvalue weighted by Crippen LogP contribution is -2.33. The molecule has 2 aromatic carbocycles. The number of rotatable bonds is 6. The van der Waals surface area contributed by atoms with E-state index in [1.807, 2.05) is 50.2 Å². The first-order chi connectivity index (χ1) is 11.9. The molecule has 0 aromatic heterocycles. The third-order valence-corrected chi connectivity index (χ3v) is 4.54. The molecular weight excluding hydrogens is 338 g/mol. The van der Waals surface area contributed by atoms with Crippen molar-refractivity contribution in [3.05, 3.63) is 69.7 Å². The zero-order valence-corrected chi connectivity index (χ0v) is 15.5. The average Bonchev–Trinajstić information content (AvgIpc) is 2.61. The van der Waals surface area contributed by atoms with Gasteiger partial charge in [-0.25, -0.2) is 0 Å². The molecule has 0 atom stereocenters. The van der Waals surface area contributed by atoms with Gasteiger partial charge in [-0.3, -0.25) is 9.59 Å². The predicted molar refractivity (Wildman–Crippen MR) is 98.7 cm³/mol. The van der Waals surface area contributed by atoms with Crippen LogP contribution in [0, 0.1) is 13.8 Å². The minimum Gasteiger partial charge on any atom is -0.469 e. The molecule has 0 aliphatic rings. The van der Waals surface area contributed by atoms with Gasteiger partial charge < -0.3 is 9.64 Å². The van der Waals surface area contributed by atoms with E-state index in [9.17, 15) is 9.59 Å². The first kappa shape index (κ1) is 19.0. The Bertz CT molecular complexity index is 773. The van der Waals surface area contributed by atoms with Crippen molar-refractivity contribution < 1.29 is 14.3 Å². The summed E-state index contributed by atoms with van der Waals surface area (Å²) in [4.78, 5) is 26.1. The second kappa shape index (κ2) is 8.67. The second-order valence-corrected chi connectivity index (χ2v) is 6.35. The number of hydrogen-bond acceptors (Lipinski definition) is 3. The number of esters is 1. The van der Waals surface area contributed by atoms with Crippen molar-refractivity contribution in [1.82, 2.24) is 4.90 Å². The van der Waals surface area contributed by atoms with E-state index in [2.05, 4.69) is 0 Å². The van der Waals surface area contributed by atoms with Crippen LogP contribution in [-0.2, 0) is 16.1 Å². The van der Waals surface area contributed by atoms with Crippen molar-refractivity contribution in [1.29, 1.82) is 0 Å². The minimum absolute atomic E-state index is 0.132. The van der Waals surface area contributed by atoms with Crippen LogP contribution in [-0.4, -0.2) is 30.4 Å². The van der Waals surface area contributed by atoms with Crippen LogP contribution in [0.1, 0.15) is 33.5 Å². The van der Waals surface area contributed by atoms with Crippen LogP contribution < -0.4 is 0 Å². The number of benzene rings is 2. The molecule has 0 heterocycles. The van der Waals surface area contributed by atoms with Gasteiger partial charge in [0, 0.05) is 23.7 Å². The maximum Gasteiger partial charge on any atom is 0.307 e. The van der Waals surface area contributed by atoms with Gasteiger partial charge in [0.25, 0.3) is 5.91 Å². The van der Waals surface area contributed by atoms with Gasteiger partial charge in [0.05, 0.1) is 13.5 Å². The Labute approximate surface area is 153 Å². The summed E-state index contributed by atoms with van der Waals surface area (Å²) in [6, 6.07) is 13.0. The summed E-state index contributed by atoms with van der Waals surface area (Å²) in [6.45, 7) is 4.58. The van der Waals surface area contributed by atoms with Crippen LogP contribution in [0.5, 0.6) is 0 Å². The number of halogens is 1. The number of amides is 1. The molecule has 0 fully saturated rings. The summed E-state index contributed by atoms with van der Waals surface area (Å²) in [5.74, 6) is -0.482.